The Bertz CT molecular complexity index is 250. The van der Waals surface area contributed by atoms with Crippen LogP contribution < -0.4 is 11.1 Å². The maximum Gasteiger partial charge on any atom is 0.150 e. The Hall–Kier alpha value is -1.03. The molecule has 0 aliphatic carbocycles. The highest BCUT2D eigenvalue weighted by Crippen LogP contribution is 2.22. The van der Waals surface area contributed by atoms with E-state index < -0.39 is 0 Å². The Balaban J connectivity index is 2.96. The van der Waals surface area contributed by atoms with Crippen molar-refractivity contribution in [1.29, 1.82) is 0 Å². The SMILES string of the molecule is CCNc1ncnc(N)c1Cl. The van der Waals surface area contributed by atoms with Crippen LogP contribution in [0.5, 0.6) is 0 Å². The lowest BCUT2D eigenvalue weighted by atomic mass is 10.5. The van der Waals surface area contributed by atoms with E-state index in [2.05, 4.69) is 15.3 Å². The van der Waals surface area contributed by atoms with Gasteiger partial charge in [0.15, 0.2) is 0 Å². The van der Waals surface area contributed by atoms with Gasteiger partial charge in [0.05, 0.1) is 0 Å². The van der Waals surface area contributed by atoms with E-state index >= 15 is 0 Å². The van der Waals surface area contributed by atoms with Crippen molar-refractivity contribution in [1.82, 2.24) is 9.97 Å². The number of nitrogens with two attached hydrogens (primary N) is 1. The summed E-state index contributed by atoms with van der Waals surface area (Å²) >= 11 is 5.76. The fourth-order valence-corrected chi connectivity index (χ4v) is 0.839. The molecular weight excluding hydrogens is 164 g/mol. The highest BCUT2D eigenvalue weighted by atomic mass is 35.5. The molecule has 0 aromatic carbocycles. The first-order chi connectivity index (χ1) is 5.25. The Morgan fingerprint density at radius 1 is 1.64 bits per heavy atom. The molecule has 11 heavy (non-hydrogen) atoms. The quantitative estimate of drug-likeness (QED) is 0.703. The number of anilines is 2. The van der Waals surface area contributed by atoms with Crippen molar-refractivity contribution >= 4 is 23.2 Å². The Morgan fingerprint density at radius 3 is 3.00 bits per heavy atom. The second kappa shape index (κ2) is 3.39. The molecule has 3 N–H and O–H groups in total. The summed E-state index contributed by atoms with van der Waals surface area (Å²) in [6, 6.07) is 0. The molecule has 0 fully saturated rings. The van der Waals surface area contributed by atoms with Gasteiger partial charge in [-0.15, -0.1) is 0 Å². The van der Waals surface area contributed by atoms with Gasteiger partial charge in [0.2, 0.25) is 0 Å². The minimum absolute atomic E-state index is 0.303. The van der Waals surface area contributed by atoms with Crippen molar-refractivity contribution in [3.05, 3.63) is 11.3 Å². The van der Waals surface area contributed by atoms with Gasteiger partial charge in [-0.2, -0.15) is 0 Å². The van der Waals surface area contributed by atoms with Gasteiger partial charge < -0.3 is 11.1 Å². The monoisotopic (exact) mass is 172 g/mol. The van der Waals surface area contributed by atoms with Gasteiger partial charge in [-0.3, -0.25) is 0 Å². The number of hydrogen-bond donors (Lipinski definition) is 2. The van der Waals surface area contributed by atoms with Crippen molar-refractivity contribution in [3.63, 3.8) is 0 Å². The third kappa shape index (κ3) is 1.71. The molecule has 5 heteroatoms. The zero-order valence-electron chi connectivity index (χ0n) is 6.13. The zero-order chi connectivity index (χ0) is 8.27. The van der Waals surface area contributed by atoms with E-state index in [1.165, 1.54) is 6.33 Å². The van der Waals surface area contributed by atoms with E-state index in [0.29, 0.717) is 16.7 Å². The van der Waals surface area contributed by atoms with Gasteiger partial charge in [-0.25, -0.2) is 9.97 Å². The lowest BCUT2D eigenvalue weighted by molar-refractivity contribution is 1.12. The maximum absolute atomic E-state index is 5.76. The summed E-state index contributed by atoms with van der Waals surface area (Å²) in [5, 5.41) is 3.34. The van der Waals surface area contributed by atoms with Crippen molar-refractivity contribution in [2.24, 2.45) is 0 Å². The number of rotatable bonds is 2. The second-order valence-corrected chi connectivity index (χ2v) is 2.33. The zero-order valence-corrected chi connectivity index (χ0v) is 6.89. The van der Waals surface area contributed by atoms with Crippen LogP contribution in [0.15, 0.2) is 6.33 Å². The van der Waals surface area contributed by atoms with Crippen LogP contribution >= 0.6 is 11.6 Å². The molecule has 0 saturated heterocycles. The van der Waals surface area contributed by atoms with Crippen LogP contribution in [0.3, 0.4) is 0 Å². The molecule has 0 radical (unpaired) electrons. The lowest BCUT2D eigenvalue weighted by Crippen LogP contribution is -2.02. The molecule has 0 bridgehead atoms. The van der Waals surface area contributed by atoms with Gasteiger partial charge in [0.1, 0.15) is 23.0 Å². The minimum atomic E-state index is 0.303. The summed E-state index contributed by atoms with van der Waals surface area (Å²) in [5.74, 6) is 0.888. The third-order valence-electron chi connectivity index (χ3n) is 1.16. The summed E-state index contributed by atoms with van der Waals surface area (Å²) in [6.07, 6.45) is 1.37. The van der Waals surface area contributed by atoms with Crippen LogP contribution in [0.2, 0.25) is 5.02 Å². The van der Waals surface area contributed by atoms with Crippen LogP contribution in [-0.4, -0.2) is 16.5 Å². The molecule has 1 heterocycles. The predicted molar refractivity (Wildman–Crippen MR) is 45.6 cm³/mol. The molecule has 0 saturated carbocycles. The molecule has 0 spiro atoms. The van der Waals surface area contributed by atoms with Gasteiger partial charge in [-0.05, 0) is 6.92 Å². The number of nitrogens with one attached hydrogen (secondary N) is 1. The van der Waals surface area contributed by atoms with Crippen LogP contribution in [0.4, 0.5) is 11.6 Å². The van der Waals surface area contributed by atoms with Crippen LogP contribution in [0, 0.1) is 0 Å². The molecular formula is C6H9ClN4. The summed E-state index contributed by atoms with van der Waals surface area (Å²) in [6.45, 7) is 2.71. The summed E-state index contributed by atoms with van der Waals surface area (Å²) in [5.41, 5.74) is 5.43. The van der Waals surface area contributed by atoms with Crippen molar-refractivity contribution in [2.75, 3.05) is 17.6 Å². The standard InChI is InChI=1S/C6H9ClN4/c1-2-9-6-4(7)5(8)10-3-11-6/h3H,2H2,1H3,(H3,8,9,10,11). The number of nitrogen functional groups attached to an aromatic ring is 1. The van der Waals surface area contributed by atoms with Gasteiger partial charge >= 0.3 is 0 Å². The molecule has 1 aromatic rings. The molecule has 1 rings (SSSR count). The van der Waals surface area contributed by atoms with Crippen molar-refractivity contribution in [2.45, 2.75) is 6.92 Å². The van der Waals surface area contributed by atoms with E-state index in [1.807, 2.05) is 6.92 Å². The largest absolute Gasteiger partial charge is 0.382 e. The lowest BCUT2D eigenvalue weighted by Gasteiger charge is -2.04. The fourth-order valence-electron chi connectivity index (χ4n) is 0.674. The number of halogens is 1. The first kappa shape index (κ1) is 8.07. The second-order valence-electron chi connectivity index (χ2n) is 1.95. The van der Waals surface area contributed by atoms with E-state index in [-0.39, 0.29) is 0 Å². The summed E-state index contributed by atoms with van der Waals surface area (Å²) < 4.78 is 0. The van der Waals surface area contributed by atoms with Gasteiger partial charge in [-0.1, -0.05) is 11.6 Å². The molecule has 0 aliphatic rings. The third-order valence-corrected chi connectivity index (χ3v) is 1.53. The van der Waals surface area contributed by atoms with Gasteiger partial charge in [0, 0.05) is 6.54 Å². The first-order valence-electron chi connectivity index (χ1n) is 3.25. The molecule has 0 amide bonds. The number of aromatic nitrogens is 2. The molecule has 0 aliphatic heterocycles. The molecule has 4 nitrogen and oxygen atoms in total. The fraction of sp³-hybridized carbons (Fsp3) is 0.333. The van der Waals surface area contributed by atoms with Crippen LogP contribution in [0.1, 0.15) is 6.92 Å². The number of hydrogen-bond acceptors (Lipinski definition) is 4. The predicted octanol–water partition coefficient (Wildman–Crippen LogP) is 1.14. The van der Waals surface area contributed by atoms with Crippen molar-refractivity contribution < 1.29 is 0 Å². The van der Waals surface area contributed by atoms with E-state index in [0.717, 1.165) is 6.54 Å². The molecule has 60 valence electrons. The summed E-state index contributed by atoms with van der Waals surface area (Å²) in [7, 11) is 0. The normalized spacial score (nSPS) is 9.64. The minimum Gasteiger partial charge on any atom is -0.382 e. The molecule has 0 unspecified atom stereocenters. The van der Waals surface area contributed by atoms with E-state index in [4.69, 9.17) is 17.3 Å². The topological polar surface area (TPSA) is 63.8 Å². The van der Waals surface area contributed by atoms with E-state index in [1.54, 1.807) is 0 Å². The summed E-state index contributed by atoms with van der Waals surface area (Å²) in [4.78, 5) is 7.61. The molecule has 0 atom stereocenters. The average molecular weight is 173 g/mol. The highest BCUT2D eigenvalue weighted by Gasteiger charge is 2.03. The Kier molecular flexibility index (Phi) is 2.48. The highest BCUT2D eigenvalue weighted by molar-refractivity contribution is 6.35. The Labute approximate surface area is 69.8 Å². The molecule has 1 aromatic heterocycles. The maximum atomic E-state index is 5.76. The van der Waals surface area contributed by atoms with Crippen LogP contribution in [-0.2, 0) is 0 Å². The smallest absolute Gasteiger partial charge is 0.150 e. The van der Waals surface area contributed by atoms with Crippen molar-refractivity contribution in [3.8, 4) is 0 Å². The average Bonchev–Trinajstić information content (AvgIpc) is 1.99. The van der Waals surface area contributed by atoms with Gasteiger partial charge in [0.25, 0.3) is 0 Å². The first-order valence-corrected chi connectivity index (χ1v) is 3.63. The Morgan fingerprint density at radius 2 is 2.36 bits per heavy atom. The number of nitrogens with zero attached hydrogens (tertiary/aromatic N) is 2. The van der Waals surface area contributed by atoms with Crippen LogP contribution in [0.25, 0.3) is 0 Å². The van der Waals surface area contributed by atoms with E-state index in [9.17, 15) is 0 Å².